The van der Waals surface area contributed by atoms with E-state index >= 15 is 0 Å². The molecule has 1 aromatic carbocycles. The Morgan fingerprint density at radius 1 is 1.32 bits per heavy atom. The smallest absolute Gasteiger partial charge is 0.400 e. The van der Waals surface area contributed by atoms with E-state index in [2.05, 4.69) is 11.9 Å². The molecule has 0 aliphatic heterocycles. The number of carbonyl (C=O) groups excluding carboxylic acids is 1. The van der Waals surface area contributed by atoms with Crippen LogP contribution in [0, 0.1) is 6.92 Å². The normalized spacial score (nSPS) is 10.3. The molecule has 6 heteroatoms. The number of amides is 1. The highest BCUT2D eigenvalue weighted by Gasteiger charge is 2.30. The highest BCUT2D eigenvalue weighted by atomic mass is 19.4. The summed E-state index contributed by atoms with van der Waals surface area (Å²) in [5.41, 5.74) is 0.155. The van der Waals surface area contributed by atoms with Gasteiger partial charge in [0.1, 0.15) is 0 Å². The Morgan fingerprint density at radius 2 is 1.84 bits per heavy atom. The summed E-state index contributed by atoms with van der Waals surface area (Å²) in [5.74, 6) is -0.493. The molecule has 0 radical (unpaired) electrons. The van der Waals surface area contributed by atoms with Crippen LogP contribution in [0.25, 0.3) is 0 Å². The average Bonchev–Trinajstić information content (AvgIpc) is 2.32. The van der Waals surface area contributed by atoms with Gasteiger partial charge >= 0.3 is 6.18 Å². The Hall–Kier alpha value is -1.82. The van der Waals surface area contributed by atoms with Crippen LogP contribution in [0.15, 0.2) is 30.4 Å². The van der Waals surface area contributed by atoms with Crippen LogP contribution in [0.2, 0.25) is 0 Å². The number of hydrogen-bond acceptors (Lipinski definition) is 2. The fourth-order valence-corrected chi connectivity index (χ4v) is 1.16. The second-order valence-corrected chi connectivity index (χ2v) is 3.76. The van der Waals surface area contributed by atoms with Gasteiger partial charge in [0.05, 0.1) is 5.56 Å². The van der Waals surface area contributed by atoms with Crippen molar-refractivity contribution in [3.05, 3.63) is 41.5 Å². The summed E-state index contributed by atoms with van der Waals surface area (Å²) in [6.07, 6.45) is -4.42. The van der Waals surface area contributed by atoms with Crippen molar-refractivity contribution in [2.45, 2.75) is 20.0 Å². The van der Waals surface area contributed by atoms with Gasteiger partial charge in [-0.05, 0) is 31.5 Å². The van der Waals surface area contributed by atoms with Gasteiger partial charge in [-0.2, -0.15) is 13.2 Å². The standard InChI is InChI=1S/C12H12F3NO.CH4O/c1-7(2)11(17)16-10-6-9(12(13,14)15)5-4-8(10)3;1-2/h4-6H,1H2,2-3H3,(H,16,17);2H,1H3. The lowest BCUT2D eigenvalue weighted by Crippen LogP contribution is -2.14. The molecule has 1 rings (SSSR count). The monoisotopic (exact) mass is 275 g/mol. The molecule has 0 spiro atoms. The van der Waals surface area contributed by atoms with E-state index in [0.29, 0.717) is 5.56 Å². The van der Waals surface area contributed by atoms with E-state index in [0.717, 1.165) is 19.2 Å². The van der Waals surface area contributed by atoms with E-state index in [1.165, 1.54) is 13.0 Å². The number of rotatable bonds is 2. The van der Waals surface area contributed by atoms with Gasteiger partial charge in [0.25, 0.3) is 5.91 Å². The maximum atomic E-state index is 12.5. The number of carbonyl (C=O) groups is 1. The number of benzene rings is 1. The Kier molecular flexibility index (Phi) is 6.27. The van der Waals surface area contributed by atoms with Crippen LogP contribution in [0.1, 0.15) is 18.1 Å². The van der Waals surface area contributed by atoms with E-state index in [9.17, 15) is 18.0 Å². The van der Waals surface area contributed by atoms with Gasteiger partial charge in [-0.15, -0.1) is 0 Å². The second-order valence-electron chi connectivity index (χ2n) is 3.76. The van der Waals surface area contributed by atoms with Crippen molar-refractivity contribution >= 4 is 11.6 Å². The molecule has 19 heavy (non-hydrogen) atoms. The van der Waals surface area contributed by atoms with E-state index in [-0.39, 0.29) is 11.3 Å². The summed E-state index contributed by atoms with van der Waals surface area (Å²) < 4.78 is 37.4. The number of halogens is 3. The molecular formula is C13H16F3NO2. The Balaban J connectivity index is 0.00000154. The van der Waals surface area contributed by atoms with Gasteiger partial charge in [-0.25, -0.2) is 0 Å². The first-order valence-electron chi connectivity index (χ1n) is 5.31. The molecule has 0 saturated carbocycles. The van der Waals surface area contributed by atoms with E-state index < -0.39 is 17.6 Å². The molecule has 0 aliphatic carbocycles. The highest BCUT2D eigenvalue weighted by molar-refractivity contribution is 6.03. The van der Waals surface area contributed by atoms with Gasteiger partial charge in [0, 0.05) is 18.4 Å². The summed E-state index contributed by atoms with van der Waals surface area (Å²) in [7, 11) is 1.00. The number of aliphatic hydroxyl groups excluding tert-OH is 1. The van der Waals surface area contributed by atoms with Crippen molar-refractivity contribution in [1.82, 2.24) is 0 Å². The number of anilines is 1. The van der Waals surface area contributed by atoms with Gasteiger partial charge in [0.2, 0.25) is 0 Å². The molecule has 0 aliphatic rings. The number of aliphatic hydroxyl groups is 1. The van der Waals surface area contributed by atoms with Gasteiger partial charge < -0.3 is 10.4 Å². The zero-order chi connectivity index (χ0) is 15.2. The maximum absolute atomic E-state index is 12.5. The topological polar surface area (TPSA) is 49.3 Å². The summed E-state index contributed by atoms with van der Waals surface area (Å²) in [6.45, 7) is 6.52. The summed E-state index contributed by atoms with van der Waals surface area (Å²) in [5, 5.41) is 9.38. The third-order valence-electron chi connectivity index (χ3n) is 2.20. The summed E-state index contributed by atoms with van der Waals surface area (Å²) in [6, 6.07) is 3.21. The van der Waals surface area contributed by atoms with Crippen molar-refractivity contribution in [2.75, 3.05) is 12.4 Å². The summed E-state index contributed by atoms with van der Waals surface area (Å²) >= 11 is 0. The van der Waals surface area contributed by atoms with Crippen LogP contribution in [-0.2, 0) is 11.0 Å². The van der Waals surface area contributed by atoms with Crippen molar-refractivity contribution in [1.29, 1.82) is 0 Å². The first-order valence-corrected chi connectivity index (χ1v) is 5.31. The lowest BCUT2D eigenvalue weighted by atomic mass is 10.1. The highest BCUT2D eigenvalue weighted by Crippen LogP contribution is 2.32. The number of alkyl halides is 3. The predicted octanol–water partition coefficient (Wildman–Crippen LogP) is 3.14. The molecule has 2 N–H and O–H groups in total. The quantitative estimate of drug-likeness (QED) is 0.815. The van der Waals surface area contributed by atoms with Crippen LogP contribution in [0.3, 0.4) is 0 Å². The SMILES string of the molecule is C=C(C)C(=O)Nc1cc(C(F)(F)F)ccc1C.CO. The van der Waals surface area contributed by atoms with E-state index in [1.807, 2.05) is 0 Å². The number of nitrogens with one attached hydrogen (secondary N) is 1. The van der Waals surface area contributed by atoms with E-state index in [4.69, 9.17) is 5.11 Å². The molecule has 1 aromatic rings. The molecule has 0 heterocycles. The zero-order valence-corrected chi connectivity index (χ0v) is 10.9. The van der Waals surface area contributed by atoms with Crippen molar-refractivity contribution in [3.63, 3.8) is 0 Å². The van der Waals surface area contributed by atoms with Crippen molar-refractivity contribution < 1.29 is 23.1 Å². The Bertz CT molecular complexity index is 467. The van der Waals surface area contributed by atoms with Crippen molar-refractivity contribution in [3.8, 4) is 0 Å². The minimum Gasteiger partial charge on any atom is -0.400 e. The molecule has 0 unspecified atom stereocenters. The van der Waals surface area contributed by atoms with Gasteiger partial charge in [0.15, 0.2) is 0 Å². The third kappa shape index (κ3) is 5.13. The Labute approximate surface area is 109 Å². The van der Waals surface area contributed by atoms with Crippen LogP contribution >= 0.6 is 0 Å². The van der Waals surface area contributed by atoms with Gasteiger partial charge in [-0.3, -0.25) is 4.79 Å². The number of aryl methyl sites for hydroxylation is 1. The van der Waals surface area contributed by atoms with E-state index in [1.54, 1.807) is 6.92 Å². The first-order chi connectivity index (χ1) is 8.71. The molecule has 0 fully saturated rings. The maximum Gasteiger partial charge on any atom is 0.416 e. The lowest BCUT2D eigenvalue weighted by molar-refractivity contribution is -0.137. The molecule has 1 amide bonds. The second kappa shape index (κ2) is 6.94. The van der Waals surface area contributed by atoms with Crippen LogP contribution in [0.5, 0.6) is 0 Å². The zero-order valence-electron chi connectivity index (χ0n) is 10.9. The molecule has 0 bridgehead atoms. The predicted molar refractivity (Wildman–Crippen MR) is 67.8 cm³/mol. The Morgan fingerprint density at radius 3 is 2.26 bits per heavy atom. The molecular weight excluding hydrogens is 259 g/mol. The van der Waals surface area contributed by atoms with Gasteiger partial charge in [-0.1, -0.05) is 12.6 Å². The van der Waals surface area contributed by atoms with Crippen LogP contribution < -0.4 is 5.32 Å². The van der Waals surface area contributed by atoms with Crippen molar-refractivity contribution in [2.24, 2.45) is 0 Å². The molecule has 0 aromatic heterocycles. The van der Waals surface area contributed by atoms with Crippen LogP contribution in [-0.4, -0.2) is 18.1 Å². The molecule has 106 valence electrons. The average molecular weight is 275 g/mol. The third-order valence-corrected chi connectivity index (χ3v) is 2.20. The first kappa shape index (κ1) is 17.2. The minimum absolute atomic E-state index is 0.146. The molecule has 0 saturated heterocycles. The lowest BCUT2D eigenvalue weighted by Gasteiger charge is -2.12. The number of hydrogen-bond donors (Lipinski definition) is 2. The largest absolute Gasteiger partial charge is 0.416 e. The fraction of sp³-hybridized carbons (Fsp3) is 0.308. The summed E-state index contributed by atoms with van der Waals surface area (Å²) in [4.78, 5) is 11.3. The van der Waals surface area contributed by atoms with Crippen LogP contribution in [0.4, 0.5) is 18.9 Å². The molecule has 0 atom stereocenters. The fourth-order valence-electron chi connectivity index (χ4n) is 1.16. The minimum atomic E-state index is -4.42. The molecule has 3 nitrogen and oxygen atoms in total.